The second-order valence-corrected chi connectivity index (χ2v) is 4.19. The Balaban J connectivity index is 3.06. The molecule has 0 spiro atoms. The van der Waals surface area contributed by atoms with Gasteiger partial charge in [-0.25, -0.2) is 0 Å². The van der Waals surface area contributed by atoms with Crippen molar-refractivity contribution in [1.82, 2.24) is 0 Å². The largest absolute Gasteiger partial charge is 0.507 e. The van der Waals surface area contributed by atoms with Crippen LogP contribution < -0.4 is 0 Å². The van der Waals surface area contributed by atoms with E-state index in [1.54, 1.807) is 0 Å². The van der Waals surface area contributed by atoms with Crippen molar-refractivity contribution < 1.29 is 9.90 Å². The van der Waals surface area contributed by atoms with E-state index >= 15 is 0 Å². The summed E-state index contributed by atoms with van der Waals surface area (Å²) >= 11 is 0. The Hall–Kier alpha value is -1.31. The lowest BCUT2D eigenvalue weighted by molar-refractivity contribution is 0.0985. The zero-order valence-corrected chi connectivity index (χ0v) is 10.3. The fourth-order valence-corrected chi connectivity index (χ4v) is 1.78. The van der Waals surface area contributed by atoms with Crippen LogP contribution in [0.4, 0.5) is 0 Å². The molecule has 88 valence electrons. The quantitative estimate of drug-likeness (QED) is 0.769. The fourth-order valence-electron chi connectivity index (χ4n) is 1.78. The number of rotatable bonds is 5. The Morgan fingerprint density at radius 1 is 1.31 bits per heavy atom. The highest BCUT2D eigenvalue weighted by Crippen LogP contribution is 2.25. The van der Waals surface area contributed by atoms with E-state index in [0.717, 1.165) is 30.4 Å². The fraction of sp³-hybridized carbons (Fsp3) is 0.500. The number of phenols is 1. The molecule has 0 amide bonds. The Labute approximate surface area is 97.3 Å². The normalized spacial score (nSPS) is 10.4. The number of carbonyl (C=O) groups is 1. The molecule has 16 heavy (non-hydrogen) atoms. The number of aromatic hydroxyl groups is 1. The smallest absolute Gasteiger partial charge is 0.166 e. The van der Waals surface area contributed by atoms with E-state index < -0.39 is 0 Å². The van der Waals surface area contributed by atoms with Crippen LogP contribution in [-0.4, -0.2) is 10.9 Å². The van der Waals surface area contributed by atoms with Gasteiger partial charge in [-0.1, -0.05) is 26.3 Å². The highest BCUT2D eigenvalue weighted by Gasteiger charge is 2.12. The predicted octanol–water partition coefficient (Wildman–Crippen LogP) is 3.64. The van der Waals surface area contributed by atoms with Crippen LogP contribution in [0.25, 0.3) is 0 Å². The van der Waals surface area contributed by atoms with Crippen LogP contribution in [0.15, 0.2) is 12.1 Å². The van der Waals surface area contributed by atoms with Crippen molar-refractivity contribution in [3.05, 3.63) is 28.8 Å². The lowest BCUT2D eigenvalue weighted by Gasteiger charge is -2.09. The van der Waals surface area contributed by atoms with Crippen LogP contribution in [0.2, 0.25) is 0 Å². The summed E-state index contributed by atoms with van der Waals surface area (Å²) in [5, 5.41) is 9.83. The summed E-state index contributed by atoms with van der Waals surface area (Å²) in [4.78, 5) is 11.7. The first-order chi connectivity index (χ1) is 7.60. The Morgan fingerprint density at radius 3 is 2.56 bits per heavy atom. The molecule has 1 N–H and O–H groups in total. The number of ketones is 1. The Kier molecular flexibility index (Phi) is 4.53. The maximum absolute atomic E-state index is 11.7. The second-order valence-electron chi connectivity index (χ2n) is 4.19. The van der Waals surface area contributed by atoms with E-state index in [-0.39, 0.29) is 11.5 Å². The van der Waals surface area contributed by atoms with Gasteiger partial charge in [0.2, 0.25) is 0 Å². The molecule has 2 nitrogen and oxygen atoms in total. The third-order valence-corrected chi connectivity index (χ3v) is 2.80. The van der Waals surface area contributed by atoms with Gasteiger partial charge in [0, 0.05) is 6.42 Å². The first-order valence-electron chi connectivity index (χ1n) is 5.95. The number of unbranched alkanes of at least 4 members (excludes halogenated alkanes) is 1. The molecule has 1 aromatic carbocycles. The molecule has 0 aliphatic heterocycles. The Morgan fingerprint density at radius 2 is 2.00 bits per heavy atom. The number of carbonyl (C=O) groups excluding carboxylic acids is 1. The van der Waals surface area contributed by atoms with Crippen LogP contribution >= 0.6 is 0 Å². The summed E-state index contributed by atoms with van der Waals surface area (Å²) in [6, 6.07) is 3.81. The third-order valence-electron chi connectivity index (χ3n) is 2.80. The molecule has 0 aliphatic rings. The van der Waals surface area contributed by atoms with Crippen molar-refractivity contribution in [2.75, 3.05) is 0 Å². The van der Waals surface area contributed by atoms with E-state index in [1.807, 2.05) is 26.0 Å². The van der Waals surface area contributed by atoms with Crippen LogP contribution in [0.3, 0.4) is 0 Å². The average Bonchev–Trinajstić information content (AvgIpc) is 2.29. The van der Waals surface area contributed by atoms with Gasteiger partial charge in [-0.2, -0.15) is 0 Å². The van der Waals surface area contributed by atoms with E-state index in [0.29, 0.717) is 12.0 Å². The first kappa shape index (κ1) is 12.8. The monoisotopic (exact) mass is 220 g/mol. The second kappa shape index (κ2) is 5.69. The van der Waals surface area contributed by atoms with Crippen molar-refractivity contribution in [3.8, 4) is 5.75 Å². The SMILES string of the molecule is CCCCc1cc(C)c(O)c(C(=O)CC)c1. The first-order valence-corrected chi connectivity index (χ1v) is 5.95. The molecule has 1 rings (SSSR count). The highest BCUT2D eigenvalue weighted by atomic mass is 16.3. The number of benzene rings is 1. The minimum atomic E-state index is 0.0129. The molecular weight excluding hydrogens is 200 g/mol. The van der Waals surface area contributed by atoms with Gasteiger partial charge in [-0.3, -0.25) is 4.79 Å². The molecule has 2 heteroatoms. The number of hydrogen-bond acceptors (Lipinski definition) is 2. The van der Waals surface area contributed by atoms with Crippen LogP contribution in [-0.2, 0) is 6.42 Å². The molecule has 0 saturated heterocycles. The van der Waals surface area contributed by atoms with Crippen molar-refractivity contribution in [3.63, 3.8) is 0 Å². The van der Waals surface area contributed by atoms with E-state index in [1.165, 1.54) is 0 Å². The van der Waals surface area contributed by atoms with E-state index in [2.05, 4.69) is 6.92 Å². The van der Waals surface area contributed by atoms with Gasteiger partial charge in [-0.15, -0.1) is 0 Å². The summed E-state index contributed by atoms with van der Waals surface area (Å²) in [5.41, 5.74) is 2.42. The number of Topliss-reactive ketones (excluding diaryl/α,β-unsaturated/α-hetero) is 1. The average molecular weight is 220 g/mol. The summed E-state index contributed by atoms with van der Waals surface area (Å²) < 4.78 is 0. The lowest BCUT2D eigenvalue weighted by Crippen LogP contribution is -2.00. The van der Waals surface area contributed by atoms with Crippen LogP contribution in [0.1, 0.15) is 54.6 Å². The van der Waals surface area contributed by atoms with E-state index in [9.17, 15) is 9.90 Å². The maximum Gasteiger partial charge on any atom is 0.166 e. The molecule has 0 bridgehead atoms. The van der Waals surface area contributed by atoms with Gasteiger partial charge < -0.3 is 5.11 Å². The minimum absolute atomic E-state index is 0.0129. The number of hydrogen-bond donors (Lipinski definition) is 1. The van der Waals surface area contributed by atoms with Gasteiger partial charge in [0.1, 0.15) is 5.75 Å². The van der Waals surface area contributed by atoms with Crippen molar-refractivity contribution >= 4 is 5.78 Å². The topological polar surface area (TPSA) is 37.3 Å². The van der Waals surface area contributed by atoms with Gasteiger partial charge >= 0.3 is 0 Å². The molecule has 0 aliphatic carbocycles. The van der Waals surface area contributed by atoms with E-state index in [4.69, 9.17) is 0 Å². The molecule has 0 atom stereocenters. The molecule has 0 saturated carbocycles. The molecule has 0 radical (unpaired) electrons. The number of aryl methyl sites for hydroxylation is 2. The third kappa shape index (κ3) is 2.84. The number of phenolic OH excluding ortho intramolecular Hbond substituents is 1. The molecule has 0 fully saturated rings. The van der Waals surface area contributed by atoms with Gasteiger partial charge in [0.25, 0.3) is 0 Å². The van der Waals surface area contributed by atoms with Crippen molar-refractivity contribution in [2.45, 2.75) is 46.5 Å². The molecule has 0 heterocycles. The summed E-state index contributed by atoms with van der Waals surface area (Å²) in [6.45, 7) is 5.80. The van der Waals surface area contributed by atoms with Gasteiger partial charge in [-0.05, 0) is 37.0 Å². The standard InChI is InChI=1S/C14H20O2/c1-4-6-7-11-8-10(3)14(16)12(9-11)13(15)5-2/h8-9,16H,4-7H2,1-3H3. The van der Waals surface area contributed by atoms with Crippen LogP contribution in [0.5, 0.6) is 5.75 Å². The van der Waals surface area contributed by atoms with Crippen LogP contribution in [0, 0.1) is 6.92 Å². The predicted molar refractivity (Wildman–Crippen MR) is 66.1 cm³/mol. The molecule has 0 unspecified atom stereocenters. The zero-order valence-electron chi connectivity index (χ0n) is 10.3. The van der Waals surface area contributed by atoms with Crippen molar-refractivity contribution in [1.29, 1.82) is 0 Å². The zero-order chi connectivity index (χ0) is 12.1. The van der Waals surface area contributed by atoms with Gasteiger partial charge in [0.15, 0.2) is 5.78 Å². The lowest BCUT2D eigenvalue weighted by atomic mass is 9.98. The summed E-state index contributed by atoms with van der Waals surface area (Å²) in [5.74, 6) is 0.158. The maximum atomic E-state index is 11.7. The molecule has 0 aromatic heterocycles. The minimum Gasteiger partial charge on any atom is -0.507 e. The summed E-state index contributed by atoms with van der Waals surface area (Å²) in [6.07, 6.45) is 3.66. The summed E-state index contributed by atoms with van der Waals surface area (Å²) in [7, 11) is 0. The molecule has 1 aromatic rings. The highest BCUT2D eigenvalue weighted by molar-refractivity contribution is 5.98. The van der Waals surface area contributed by atoms with Gasteiger partial charge in [0.05, 0.1) is 5.56 Å². The molecular formula is C14H20O2. The Bertz CT molecular complexity index is 381. The van der Waals surface area contributed by atoms with Crippen molar-refractivity contribution in [2.24, 2.45) is 0 Å².